The van der Waals surface area contributed by atoms with Gasteiger partial charge in [-0.3, -0.25) is 14.2 Å². The van der Waals surface area contributed by atoms with Crippen molar-refractivity contribution in [3.05, 3.63) is 105 Å². The highest BCUT2D eigenvalue weighted by Gasteiger charge is 2.30. The summed E-state index contributed by atoms with van der Waals surface area (Å²) in [6.07, 6.45) is 2.62. The Morgan fingerprint density at radius 2 is 1.85 bits per heavy atom. The van der Waals surface area contributed by atoms with Crippen LogP contribution < -0.4 is 15.6 Å². The number of methoxy groups -OCH3 is 1. The summed E-state index contributed by atoms with van der Waals surface area (Å²) in [6, 6.07) is 17.4. The maximum atomic E-state index is 13.2. The number of aromatic nitrogens is 3. The minimum atomic E-state index is -0.611. The highest BCUT2D eigenvalue weighted by molar-refractivity contribution is 6.31. The van der Waals surface area contributed by atoms with E-state index in [1.54, 1.807) is 7.05 Å². The quantitative estimate of drug-likeness (QED) is 0.416. The van der Waals surface area contributed by atoms with Gasteiger partial charge in [0.2, 0.25) is 5.75 Å². The van der Waals surface area contributed by atoms with Crippen LogP contribution in [0, 0.1) is 0 Å². The number of benzene rings is 2. The molecule has 1 amide bonds. The van der Waals surface area contributed by atoms with Crippen molar-refractivity contribution in [2.45, 2.75) is 18.8 Å². The van der Waals surface area contributed by atoms with Gasteiger partial charge in [0.05, 0.1) is 13.3 Å². The van der Waals surface area contributed by atoms with E-state index in [2.05, 4.69) is 15.5 Å². The Kier molecular flexibility index (Phi) is 6.79. The first-order chi connectivity index (χ1) is 16.4. The SMILES string of the molecule is COc1c(C(=O)Nc2cnoc2)nc([C@H](C)[C@H](c2ccccc2)c2ccccc2Cl)n(C)c1=O. The summed E-state index contributed by atoms with van der Waals surface area (Å²) in [6.45, 7) is 1.96. The van der Waals surface area contributed by atoms with E-state index >= 15 is 0 Å². The number of hydrogen-bond donors (Lipinski definition) is 1. The van der Waals surface area contributed by atoms with Gasteiger partial charge in [0.15, 0.2) is 5.69 Å². The first kappa shape index (κ1) is 23.3. The fraction of sp³-hybridized carbons (Fsp3) is 0.200. The molecule has 0 bridgehead atoms. The molecule has 0 radical (unpaired) electrons. The highest BCUT2D eigenvalue weighted by atomic mass is 35.5. The summed E-state index contributed by atoms with van der Waals surface area (Å²) >= 11 is 6.59. The molecule has 0 saturated carbocycles. The van der Waals surface area contributed by atoms with Crippen LogP contribution in [0.5, 0.6) is 5.75 Å². The van der Waals surface area contributed by atoms with Gasteiger partial charge in [0.25, 0.3) is 11.5 Å². The van der Waals surface area contributed by atoms with Gasteiger partial charge in [-0.05, 0) is 17.2 Å². The predicted octanol–water partition coefficient (Wildman–Crippen LogP) is 4.62. The topological polar surface area (TPSA) is 99.2 Å². The number of nitrogens with one attached hydrogen (secondary N) is 1. The van der Waals surface area contributed by atoms with Crippen LogP contribution >= 0.6 is 11.6 Å². The normalized spacial score (nSPS) is 12.7. The van der Waals surface area contributed by atoms with Crippen LogP contribution in [-0.2, 0) is 7.05 Å². The van der Waals surface area contributed by atoms with Gasteiger partial charge in [0.1, 0.15) is 17.8 Å². The first-order valence-corrected chi connectivity index (χ1v) is 10.9. The number of ether oxygens (including phenoxy) is 1. The number of hydrogen-bond acceptors (Lipinski definition) is 6. The molecule has 0 saturated heterocycles. The van der Waals surface area contributed by atoms with Crippen LogP contribution in [0.2, 0.25) is 5.02 Å². The van der Waals surface area contributed by atoms with Crippen LogP contribution in [0.3, 0.4) is 0 Å². The van der Waals surface area contributed by atoms with E-state index in [4.69, 9.17) is 20.9 Å². The van der Waals surface area contributed by atoms with Crippen molar-refractivity contribution in [3.63, 3.8) is 0 Å². The summed E-state index contributed by atoms with van der Waals surface area (Å²) in [5, 5.41) is 6.79. The minimum Gasteiger partial charge on any atom is -0.489 e. The van der Waals surface area contributed by atoms with Crippen LogP contribution in [0.15, 0.2) is 76.4 Å². The van der Waals surface area contributed by atoms with E-state index in [1.807, 2.05) is 61.5 Å². The number of nitrogens with zero attached hydrogens (tertiary/aromatic N) is 3. The van der Waals surface area contributed by atoms with Crippen LogP contribution in [0.4, 0.5) is 5.69 Å². The van der Waals surface area contributed by atoms with Crippen molar-refractivity contribution in [1.29, 1.82) is 0 Å². The van der Waals surface area contributed by atoms with Gasteiger partial charge >= 0.3 is 0 Å². The summed E-state index contributed by atoms with van der Waals surface area (Å²) in [7, 11) is 2.94. The number of carbonyl (C=O) groups is 1. The Bertz CT molecular complexity index is 1350. The minimum absolute atomic E-state index is 0.125. The molecule has 34 heavy (non-hydrogen) atoms. The molecule has 0 unspecified atom stereocenters. The third kappa shape index (κ3) is 4.45. The van der Waals surface area contributed by atoms with Crippen molar-refractivity contribution in [2.24, 2.45) is 7.05 Å². The van der Waals surface area contributed by atoms with Crippen LogP contribution in [0.25, 0.3) is 0 Å². The molecular formula is C25H23ClN4O4. The van der Waals surface area contributed by atoms with Gasteiger partial charge < -0.3 is 14.6 Å². The molecule has 174 valence electrons. The third-order valence-electron chi connectivity index (χ3n) is 5.70. The molecule has 4 rings (SSSR count). The monoisotopic (exact) mass is 478 g/mol. The van der Waals surface area contributed by atoms with Crippen molar-refractivity contribution < 1.29 is 14.1 Å². The molecule has 2 atom stereocenters. The lowest BCUT2D eigenvalue weighted by Crippen LogP contribution is -2.31. The van der Waals surface area contributed by atoms with E-state index in [9.17, 15) is 9.59 Å². The van der Waals surface area contributed by atoms with E-state index in [-0.39, 0.29) is 23.3 Å². The second kappa shape index (κ2) is 9.93. The highest BCUT2D eigenvalue weighted by Crippen LogP contribution is 2.40. The van der Waals surface area contributed by atoms with Gasteiger partial charge in [-0.15, -0.1) is 0 Å². The number of carbonyl (C=O) groups excluding carboxylic acids is 1. The molecule has 0 fully saturated rings. The molecule has 0 aliphatic rings. The average molecular weight is 479 g/mol. The summed E-state index contributed by atoms with van der Waals surface area (Å²) in [5.41, 5.74) is 1.63. The average Bonchev–Trinajstić information content (AvgIpc) is 3.35. The maximum Gasteiger partial charge on any atom is 0.296 e. The van der Waals surface area contributed by atoms with Gasteiger partial charge in [-0.1, -0.05) is 72.2 Å². The summed E-state index contributed by atoms with van der Waals surface area (Å²) < 4.78 is 11.4. The fourth-order valence-corrected chi connectivity index (χ4v) is 4.33. The van der Waals surface area contributed by atoms with Crippen molar-refractivity contribution in [2.75, 3.05) is 12.4 Å². The van der Waals surface area contributed by atoms with Gasteiger partial charge in [-0.25, -0.2) is 4.98 Å². The third-order valence-corrected chi connectivity index (χ3v) is 6.04. The molecule has 9 heteroatoms. The molecule has 4 aromatic rings. The largest absolute Gasteiger partial charge is 0.489 e. The van der Waals surface area contributed by atoms with Crippen molar-refractivity contribution in [3.8, 4) is 5.75 Å². The zero-order valence-electron chi connectivity index (χ0n) is 18.9. The molecule has 2 heterocycles. The number of amides is 1. The lowest BCUT2D eigenvalue weighted by molar-refractivity contribution is 0.101. The standard InChI is InChI=1S/C25H23ClN4O4/c1-15(20(16-9-5-4-6-10-16)18-11-7-8-12-19(18)26)23-29-21(22(33-3)25(32)30(23)2)24(31)28-17-13-27-34-14-17/h4-15,20H,1-3H3,(H,28,31)/t15-,20-/m1/s1. The fourth-order valence-electron chi connectivity index (χ4n) is 4.07. The molecule has 8 nitrogen and oxygen atoms in total. The lowest BCUT2D eigenvalue weighted by Gasteiger charge is -2.27. The molecule has 0 aliphatic carbocycles. The Balaban J connectivity index is 1.86. The zero-order valence-corrected chi connectivity index (χ0v) is 19.6. The smallest absolute Gasteiger partial charge is 0.296 e. The van der Waals surface area contributed by atoms with Crippen molar-refractivity contribution >= 4 is 23.2 Å². The Morgan fingerprint density at radius 1 is 1.15 bits per heavy atom. The van der Waals surface area contributed by atoms with Gasteiger partial charge in [-0.2, -0.15) is 0 Å². The second-order valence-corrected chi connectivity index (χ2v) is 8.19. The van der Waals surface area contributed by atoms with E-state index in [0.717, 1.165) is 11.1 Å². The maximum absolute atomic E-state index is 13.2. The van der Waals surface area contributed by atoms with E-state index < -0.39 is 11.5 Å². The molecular weight excluding hydrogens is 456 g/mol. The Morgan fingerprint density at radius 3 is 2.50 bits per heavy atom. The number of anilines is 1. The molecule has 2 aromatic heterocycles. The first-order valence-electron chi connectivity index (χ1n) is 10.6. The lowest BCUT2D eigenvalue weighted by atomic mass is 9.81. The van der Waals surface area contributed by atoms with E-state index in [1.165, 1.54) is 24.1 Å². The number of rotatable bonds is 7. The Labute approximate surface area is 201 Å². The Hall–Kier alpha value is -3.91. The van der Waals surface area contributed by atoms with Crippen molar-refractivity contribution in [1.82, 2.24) is 14.7 Å². The van der Waals surface area contributed by atoms with Crippen LogP contribution in [0.1, 0.15) is 46.2 Å². The summed E-state index contributed by atoms with van der Waals surface area (Å²) in [5.74, 6) is -0.903. The number of halogens is 1. The molecule has 1 N–H and O–H groups in total. The molecule has 0 spiro atoms. The van der Waals surface area contributed by atoms with Crippen LogP contribution in [-0.4, -0.2) is 27.7 Å². The van der Waals surface area contributed by atoms with Gasteiger partial charge in [0, 0.05) is 23.9 Å². The molecule has 0 aliphatic heterocycles. The second-order valence-electron chi connectivity index (χ2n) is 7.78. The van der Waals surface area contributed by atoms with E-state index in [0.29, 0.717) is 16.5 Å². The zero-order chi connectivity index (χ0) is 24.2. The summed E-state index contributed by atoms with van der Waals surface area (Å²) in [4.78, 5) is 30.8. The molecule has 2 aromatic carbocycles. The predicted molar refractivity (Wildman–Crippen MR) is 129 cm³/mol.